The van der Waals surface area contributed by atoms with Gasteiger partial charge in [0.15, 0.2) is 0 Å². The number of carbonyl (C=O) groups excluding carboxylic acids is 1. The van der Waals surface area contributed by atoms with E-state index < -0.39 is 0 Å². The third kappa shape index (κ3) is 4.13. The van der Waals surface area contributed by atoms with Gasteiger partial charge in [0.2, 0.25) is 5.91 Å². The number of hydrogen-bond donors (Lipinski definition) is 1. The second-order valence-electron chi connectivity index (χ2n) is 4.24. The first-order valence-corrected chi connectivity index (χ1v) is 7.29. The molecule has 0 spiro atoms. The molecule has 2 heterocycles. The third-order valence-electron chi connectivity index (χ3n) is 2.64. The number of pyridine rings is 1. The second-order valence-corrected chi connectivity index (χ2v) is 5.09. The highest BCUT2D eigenvalue weighted by molar-refractivity contribution is 7.13. The first-order valence-electron chi connectivity index (χ1n) is 6.41. The van der Waals surface area contributed by atoms with E-state index >= 15 is 0 Å². The molecule has 0 atom stereocenters. The Labute approximate surface area is 116 Å². The lowest BCUT2D eigenvalue weighted by atomic mass is 10.2. The van der Waals surface area contributed by atoms with Crippen molar-refractivity contribution in [2.75, 3.05) is 6.54 Å². The van der Waals surface area contributed by atoms with Crippen molar-refractivity contribution < 1.29 is 4.79 Å². The summed E-state index contributed by atoms with van der Waals surface area (Å²) < 4.78 is 0. The van der Waals surface area contributed by atoms with Crippen LogP contribution in [0, 0.1) is 0 Å². The summed E-state index contributed by atoms with van der Waals surface area (Å²) in [6.07, 6.45) is 5.70. The summed E-state index contributed by atoms with van der Waals surface area (Å²) in [5, 5.41) is 5.83. The van der Waals surface area contributed by atoms with Crippen LogP contribution in [0.1, 0.15) is 25.5 Å². The molecule has 1 amide bonds. The molecule has 100 valence electrons. The first-order chi connectivity index (χ1) is 9.29. The number of amides is 1. The summed E-state index contributed by atoms with van der Waals surface area (Å²) in [6.45, 7) is 2.79. The van der Waals surface area contributed by atoms with Crippen LogP contribution in [-0.4, -0.2) is 22.4 Å². The first kappa shape index (κ1) is 13.7. The maximum Gasteiger partial charge on any atom is 0.220 e. The molecule has 0 saturated carbocycles. The maximum absolute atomic E-state index is 11.5. The number of nitrogens with one attached hydrogen (secondary N) is 1. The van der Waals surface area contributed by atoms with E-state index in [0.29, 0.717) is 12.8 Å². The van der Waals surface area contributed by atoms with E-state index in [-0.39, 0.29) is 5.91 Å². The number of carbonyl (C=O) groups is 1. The van der Waals surface area contributed by atoms with Crippen molar-refractivity contribution >= 4 is 17.2 Å². The van der Waals surface area contributed by atoms with Crippen molar-refractivity contribution in [1.29, 1.82) is 0 Å². The monoisotopic (exact) mass is 275 g/mol. The van der Waals surface area contributed by atoms with Crippen LogP contribution in [0.4, 0.5) is 0 Å². The molecule has 0 aliphatic heterocycles. The molecular formula is C14H17N3OS. The fraction of sp³-hybridized carbons (Fsp3) is 0.357. The minimum Gasteiger partial charge on any atom is -0.356 e. The lowest BCUT2D eigenvalue weighted by molar-refractivity contribution is -0.121. The van der Waals surface area contributed by atoms with Gasteiger partial charge in [0.05, 0.1) is 5.69 Å². The van der Waals surface area contributed by atoms with E-state index in [1.54, 1.807) is 23.7 Å². The fourth-order valence-corrected chi connectivity index (χ4v) is 2.48. The summed E-state index contributed by atoms with van der Waals surface area (Å²) in [7, 11) is 0. The van der Waals surface area contributed by atoms with Crippen molar-refractivity contribution in [3.05, 3.63) is 35.6 Å². The number of aryl methyl sites for hydroxylation is 1. The zero-order chi connectivity index (χ0) is 13.5. The van der Waals surface area contributed by atoms with Crippen LogP contribution in [-0.2, 0) is 11.2 Å². The second kappa shape index (κ2) is 6.99. The molecule has 2 rings (SSSR count). The molecule has 0 unspecified atom stereocenters. The van der Waals surface area contributed by atoms with Crippen molar-refractivity contribution in [2.45, 2.75) is 26.2 Å². The molecule has 5 heteroatoms. The smallest absolute Gasteiger partial charge is 0.220 e. The normalized spacial score (nSPS) is 10.4. The molecular weight excluding hydrogens is 258 g/mol. The predicted octanol–water partition coefficient (Wildman–Crippen LogP) is 2.66. The molecule has 0 aliphatic carbocycles. The lowest BCUT2D eigenvalue weighted by Crippen LogP contribution is -2.24. The standard InChI is InChI=1S/C14H17N3OS/c1-2-7-16-13(18)6-5-12-10-19-14(17-12)11-4-3-8-15-9-11/h3-4,8-10H,2,5-7H2,1H3,(H,16,18). The molecule has 2 aromatic heterocycles. The van der Waals surface area contributed by atoms with Crippen LogP contribution in [0.25, 0.3) is 10.6 Å². The number of hydrogen-bond acceptors (Lipinski definition) is 4. The molecule has 0 aliphatic rings. The highest BCUT2D eigenvalue weighted by Crippen LogP contribution is 2.23. The van der Waals surface area contributed by atoms with E-state index in [2.05, 4.69) is 15.3 Å². The zero-order valence-corrected chi connectivity index (χ0v) is 11.7. The number of thiazole rings is 1. The van der Waals surface area contributed by atoms with Crippen LogP contribution in [0.15, 0.2) is 29.9 Å². The molecule has 4 nitrogen and oxygen atoms in total. The minimum atomic E-state index is 0.0952. The quantitative estimate of drug-likeness (QED) is 0.881. The molecule has 0 saturated heterocycles. The zero-order valence-electron chi connectivity index (χ0n) is 10.9. The third-order valence-corrected chi connectivity index (χ3v) is 3.58. The van der Waals surface area contributed by atoms with Gasteiger partial charge in [0.1, 0.15) is 5.01 Å². The van der Waals surface area contributed by atoms with E-state index in [1.165, 1.54) is 0 Å². The summed E-state index contributed by atoms with van der Waals surface area (Å²) in [4.78, 5) is 20.1. The molecule has 0 radical (unpaired) electrons. The maximum atomic E-state index is 11.5. The van der Waals surface area contributed by atoms with Gasteiger partial charge in [-0.15, -0.1) is 11.3 Å². The van der Waals surface area contributed by atoms with Gasteiger partial charge in [-0.25, -0.2) is 4.98 Å². The van der Waals surface area contributed by atoms with Crippen molar-refractivity contribution in [1.82, 2.24) is 15.3 Å². The van der Waals surface area contributed by atoms with Crippen molar-refractivity contribution in [3.8, 4) is 10.6 Å². The average molecular weight is 275 g/mol. The predicted molar refractivity (Wildman–Crippen MR) is 77.0 cm³/mol. The van der Waals surface area contributed by atoms with E-state index in [9.17, 15) is 4.79 Å². The Morgan fingerprint density at radius 2 is 2.37 bits per heavy atom. The molecule has 0 bridgehead atoms. The van der Waals surface area contributed by atoms with Gasteiger partial charge in [-0.1, -0.05) is 6.92 Å². The number of aromatic nitrogens is 2. The fourth-order valence-electron chi connectivity index (χ4n) is 1.64. The topological polar surface area (TPSA) is 54.9 Å². The minimum absolute atomic E-state index is 0.0952. The summed E-state index contributed by atoms with van der Waals surface area (Å²) in [5.41, 5.74) is 1.99. The Kier molecular flexibility index (Phi) is 5.03. The molecule has 0 fully saturated rings. The summed E-state index contributed by atoms with van der Waals surface area (Å²) >= 11 is 1.59. The van der Waals surface area contributed by atoms with Gasteiger partial charge in [-0.2, -0.15) is 0 Å². The number of nitrogens with zero attached hydrogens (tertiary/aromatic N) is 2. The SMILES string of the molecule is CCCNC(=O)CCc1csc(-c2cccnc2)n1. The largest absolute Gasteiger partial charge is 0.356 e. The van der Waals surface area contributed by atoms with E-state index in [0.717, 1.165) is 29.2 Å². The molecule has 0 aromatic carbocycles. The van der Waals surface area contributed by atoms with E-state index in [4.69, 9.17) is 0 Å². The Morgan fingerprint density at radius 3 is 3.11 bits per heavy atom. The Bertz CT molecular complexity index is 524. The lowest BCUT2D eigenvalue weighted by Gasteiger charge is -2.01. The highest BCUT2D eigenvalue weighted by atomic mass is 32.1. The van der Waals surface area contributed by atoms with Gasteiger partial charge in [-0.05, 0) is 25.0 Å². The average Bonchev–Trinajstić information content (AvgIpc) is 2.93. The van der Waals surface area contributed by atoms with E-state index in [1.807, 2.05) is 24.4 Å². The van der Waals surface area contributed by atoms with Crippen molar-refractivity contribution in [2.24, 2.45) is 0 Å². The molecule has 19 heavy (non-hydrogen) atoms. The van der Waals surface area contributed by atoms with Crippen LogP contribution >= 0.6 is 11.3 Å². The van der Waals surface area contributed by atoms with Crippen molar-refractivity contribution in [3.63, 3.8) is 0 Å². The van der Waals surface area contributed by atoms with Crippen LogP contribution in [0.5, 0.6) is 0 Å². The van der Waals surface area contributed by atoms with Crippen LogP contribution in [0.2, 0.25) is 0 Å². The van der Waals surface area contributed by atoms with Gasteiger partial charge >= 0.3 is 0 Å². The Balaban J connectivity index is 1.90. The van der Waals surface area contributed by atoms with Crippen LogP contribution in [0.3, 0.4) is 0 Å². The van der Waals surface area contributed by atoms with Gasteiger partial charge < -0.3 is 5.32 Å². The van der Waals surface area contributed by atoms with Gasteiger partial charge in [-0.3, -0.25) is 9.78 Å². The summed E-state index contributed by atoms with van der Waals surface area (Å²) in [5.74, 6) is 0.0952. The summed E-state index contributed by atoms with van der Waals surface area (Å²) in [6, 6.07) is 3.89. The number of rotatable bonds is 6. The molecule has 2 aromatic rings. The molecule has 1 N–H and O–H groups in total. The Morgan fingerprint density at radius 1 is 1.47 bits per heavy atom. The van der Waals surface area contributed by atoms with Gasteiger partial charge in [0.25, 0.3) is 0 Å². The van der Waals surface area contributed by atoms with Crippen LogP contribution < -0.4 is 5.32 Å². The highest BCUT2D eigenvalue weighted by Gasteiger charge is 2.07. The van der Waals surface area contributed by atoms with Gasteiger partial charge in [0, 0.05) is 36.3 Å². The Hall–Kier alpha value is -1.75.